The fourth-order valence-corrected chi connectivity index (χ4v) is 3.07. The summed E-state index contributed by atoms with van der Waals surface area (Å²) in [5, 5.41) is 6.96. The zero-order valence-electron chi connectivity index (χ0n) is 14.2. The zero-order chi connectivity index (χ0) is 15.8. The summed E-state index contributed by atoms with van der Waals surface area (Å²) in [5.41, 5.74) is 2.25. The van der Waals surface area contributed by atoms with Crippen molar-refractivity contribution in [2.45, 2.75) is 65.5 Å². The highest BCUT2D eigenvalue weighted by Gasteiger charge is 2.20. The van der Waals surface area contributed by atoms with Gasteiger partial charge in [0.15, 0.2) is 5.96 Å². The second kappa shape index (κ2) is 8.76. The smallest absolute Gasteiger partial charge is 0.191 e. The molecule has 4 nitrogen and oxygen atoms in total. The first kappa shape index (κ1) is 16.8. The van der Waals surface area contributed by atoms with E-state index in [1.807, 2.05) is 12.3 Å². The quantitative estimate of drug-likeness (QED) is 0.647. The third-order valence-corrected chi connectivity index (χ3v) is 4.61. The van der Waals surface area contributed by atoms with Crippen LogP contribution in [0, 0.1) is 12.8 Å². The Labute approximate surface area is 134 Å². The molecule has 1 aromatic heterocycles. The zero-order valence-corrected chi connectivity index (χ0v) is 14.2. The number of hydrogen-bond donors (Lipinski definition) is 2. The summed E-state index contributed by atoms with van der Waals surface area (Å²) in [6.07, 6.45) is 8.35. The van der Waals surface area contributed by atoms with Crippen molar-refractivity contribution in [1.82, 2.24) is 15.6 Å². The number of aromatic nitrogens is 1. The van der Waals surface area contributed by atoms with Gasteiger partial charge in [-0.05, 0) is 57.1 Å². The molecular formula is C18H30N4. The summed E-state index contributed by atoms with van der Waals surface area (Å²) < 4.78 is 0. The van der Waals surface area contributed by atoms with E-state index in [9.17, 15) is 0 Å². The standard InChI is InChI=1S/C18H30N4/c1-4-15-8-10-16(11-9-15)22-18(19-5-2)21-13-17-14(3)7-6-12-20-17/h6-7,12,15-16H,4-5,8-11,13H2,1-3H3,(H2,19,21,22). The molecule has 2 N–H and O–H groups in total. The Morgan fingerprint density at radius 2 is 2.05 bits per heavy atom. The van der Waals surface area contributed by atoms with Gasteiger partial charge in [-0.2, -0.15) is 0 Å². The van der Waals surface area contributed by atoms with E-state index < -0.39 is 0 Å². The van der Waals surface area contributed by atoms with E-state index in [1.165, 1.54) is 37.7 Å². The molecule has 2 rings (SSSR count). The molecule has 1 aromatic rings. The van der Waals surface area contributed by atoms with Crippen molar-refractivity contribution in [2.24, 2.45) is 10.9 Å². The van der Waals surface area contributed by atoms with E-state index in [0.717, 1.165) is 24.1 Å². The van der Waals surface area contributed by atoms with Crippen molar-refractivity contribution >= 4 is 5.96 Å². The van der Waals surface area contributed by atoms with Crippen molar-refractivity contribution < 1.29 is 0 Å². The van der Waals surface area contributed by atoms with Crippen molar-refractivity contribution in [3.05, 3.63) is 29.6 Å². The van der Waals surface area contributed by atoms with Gasteiger partial charge in [0.1, 0.15) is 0 Å². The maximum Gasteiger partial charge on any atom is 0.191 e. The van der Waals surface area contributed by atoms with E-state index in [-0.39, 0.29) is 0 Å². The maximum absolute atomic E-state index is 4.71. The number of pyridine rings is 1. The van der Waals surface area contributed by atoms with Crippen LogP contribution >= 0.6 is 0 Å². The summed E-state index contributed by atoms with van der Waals surface area (Å²) in [6.45, 7) is 8.02. The van der Waals surface area contributed by atoms with E-state index in [0.29, 0.717) is 12.6 Å². The van der Waals surface area contributed by atoms with Crippen LogP contribution in [0.4, 0.5) is 0 Å². The Balaban J connectivity index is 1.92. The van der Waals surface area contributed by atoms with E-state index in [1.54, 1.807) is 0 Å². The average Bonchev–Trinajstić information content (AvgIpc) is 2.55. The third-order valence-electron chi connectivity index (χ3n) is 4.61. The number of nitrogens with one attached hydrogen (secondary N) is 2. The van der Waals surface area contributed by atoms with Gasteiger partial charge in [-0.15, -0.1) is 0 Å². The normalized spacial score (nSPS) is 22.4. The molecule has 1 aliphatic carbocycles. The lowest BCUT2D eigenvalue weighted by Gasteiger charge is -2.29. The molecule has 1 heterocycles. The monoisotopic (exact) mass is 302 g/mol. The lowest BCUT2D eigenvalue weighted by atomic mass is 9.84. The summed E-state index contributed by atoms with van der Waals surface area (Å²) in [4.78, 5) is 9.13. The lowest BCUT2D eigenvalue weighted by Crippen LogP contribution is -2.44. The number of guanidine groups is 1. The molecule has 1 saturated carbocycles. The van der Waals surface area contributed by atoms with Gasteiger partial charge in [0.2, 0.25) is 0 Å². The van der Waals surface area contributed by atoms with Gasteiger partial charge in [-0.25, -0.2) is 4.99 Å². The van der Waals surface area contributed by atoms with E-state index in [4.69, 9.17) is 4.99 Å². The highest BCUT2D eigenvalue weighted by Crippen LogP contribution is 2.26. The first-order valence-corrected chi connectivity index (χ1v) is 8.68. The van der Waals surface area contributed by atoms with Crippen molar-refractivity contribution in [3.8, 4) is 0 Å². The molecule has 0 unspecified atom stereocenters. The highest BCUT2D eigenvalue weighted by atomic mass is 15.2. The van der Waals surface area contributed by atoms with Crippen LogP contribution in [-0.2, 0) is 6.54 Å². The first-order valence-electron chi connectivity index (χ1n) is 8.68. The number of aryl methyl sites for hydroxylation is 1. The van der Waals surface area contributed by atoms with Gasteiger partial charge >= 0.3 is 0 Å². The molecule has 0 atom stereocenters. The molecule has 22 heavy (non-hydrogen) atoms. The highest BCUT2D eigenvalue weighted by molar-refractivity contribution is 5.80. The van der Waals surface area contributed by atoms with E-state index in [2.05, 4.69) is 42.5 Å². The molecule has 0 bridgehead atoms. The van der Waals surface area contributed by atoms with Crippen LogP contribution in [0.5, 0.6) is 0 Å². The van der Waals surface area contributed by atoms with Gasteiger partial charge in [-0.1, -0.05) is 19.4 Å². The van der Waals surface area contributed by atoms with Crippen LogP contribution in [0.15, 0.2) is 23.3 Å². The summed E-state index contributed by atoms with van der Waals surface area (Å²) in [6, 6.07) is 4.62. The fourth-order valence-electron chi connectivity index (χ4n) is 3.07. The SMILES string of the molecule is CCNC(=NCc1ncccc1C)NC1CCC(CC)CC1. The van der Waals surface area contributed by atoms with E-state index >= 15 is 0 Å². The van der Waals surface area contributed by atoms with Crippen LogP contribution in [0.1, 0.15) is 57.2 Å². The Hall–Kier alpha value is -1.58. The summed E-state index contributed by atoms with van der Waals surface area (Å²) in [7, 11) is 0. The lowest BCUT2D eigenvalue weighted by molar-refractivity contribution is 0.304. The van der Waals surface area contributed by atoms with Gasteiger partial charge in [0.25, 0.3) is 0 Å². The Kier molecular flexibility index (Phi) is 6.69. The molecule has 0 saturated heterocycles. The number of rotatable bonds is 5. The van der Waals surface area contributed by atoms with Gasteiger partial charge in [0, 0.05) is 18.8 Å². The second-order valence-electron chi connectivity index (χ2n) is 6.23. The van der Waals surface area contributed by atoms with Crippen LogP contribution in [-0.4, -0.2) is 23.5 Å². The largest absolute Gasteiger partial charge is 0.357 e. The Morgan fingerprint density at radius 1 is 1.27 bits per heavy atom. The van der Waals surface area contributed by atoms with Gasteiger partial charge in [0.05, 0.1) is 12.2 Å². The van der Waals surface area contributed by atoms with Crippen LogP contribution < -0.4 is 10.6 Å². The minimum absolute atomic E-state index is 0.561. The third kappa shape index (κ3) is 5.00. The molecule has 0 radical (unpaired) electrons. The second-order valence-corrected chi connectivity index (χ2v) is 6.23. The van der Waals surface area contributed by atoms with Gasteiger partial charge < -0.3 is 10.6 Å². The van der Waals surface area contributed by atoms with Crippen molar-refractivity contribution in [3.63, 3.8) is 0 Å². The molecule has 0 aliphatic heterocycles. The summed E-state index contributed by atoms with van der Waals surface area (Å²) in [5.74, 6) is 1.85. The van der Waals surface area contributed by atoms with Crippen LogP contribution in [0.25, 0.3) is 0 Å². The number of nitrogens with zero attached hydrogens (tertiary/aromatic N) is 2. The molecule has 4 heteroatoms. The van der Waals surface area contributed by atoms with Crippen LogP contribution in [0.3, 0.4) is 0 Å². The predicted molar refractivity (Wildman–Crippen MR) is 93.0 cm³/mol. The van der Waals surface area contributed by atoms with Gasteiger partial charge in [-0.3, -0.25) is 4.98 Å². The molecule has 0 aromatic carbocycles. The van der Waals surface area contributed by atoms with Crippen molar-refractivity contribution in [2.75, 3.05) is 6.54 Å². The first-order chi connectivity index (χ1) is 10.7. The maximum atomic E-state index is 4.71. The molecular weight excluding hydrogens is 272 g/mol. The topological polar surface area (TPSA) is 49.3 Å². The minimum atomic E-state index is 0.561. The Morgan fingerprint density at radius 3 is 2.68 bits per heavy atom. The number of aliphatic imine (C=N–C) groups is 1. The molecule has 1 fully saturated rings. The predicted octanol–water partition coefficient (Wildman–Crippen LogP) is 3.41. The molecule has 122 valence electrons. The molecule has 0 spiro atoms. The summed E-state index contributed by atoms with van der Waals surface area (Å²) >= 11 is 0. The molecule has 0 amide bonds. The molecule has 1 aliphatic rings. The Bertz CT molecular complexity index is 476. The van der Waals surface area contributed by atoms with Crippen molar-refractivity contribution in [1.29, 1.82) is 0 Å². The van der Waals surface area contributed by atoms with Crippen LogP contribution in [0.2, 0.25) is 0 Å². The number of hydrogen-bond acceptors (Lipinski definition) is 2. The average molecular weight is 302 g/mol. The minimum Gasteiger partial charge on any atom is -0.357 e. The fraction of sp³-hybridized carbons (Fsp3) is 0.667.